The van der Waals surface area contributed by atoms with Gasteiger partial charge in [0.15, 0.2) is 0 Å². The maximum atomic E-state index is 8.56. The van der Waals surface area contributed by atoms with Crippen LogP contribution in [0.5, 0.6) is 0 Å². The van der Waals surface area contributed by atoms with E-state index in [9.17, 15) is 0 Å². The summed E-state index contributed by atoms with van der Waals surface area (Å²) in [5.74, 6) is 0. The summed E-state index contributed by atoms with van der Waals surface area (Å²) in [5.41, 5.74) is 0. The minimum absolute atomic E-state index is 0. The Kier molecular flexibility index (Phi) is 35.3. The van der Waals surface area contributed by atoms with Crippen molar-refractivity contribution in [3.8, 4) is 0 Å². The molecule has 0 aromatic rings. The van der Waals surface area contributed by atoms with E-state index in [0.29, 0.717) is 0 Å². The molecule has 36 valence electrons. The van der Waals surface area contributed by atoms with E-state index in [1.165, 1.54) is 0 Å². The Bertz CT molecular complexity index is 43.0. The van der Waals surface area contributed by atoms with Crippen molar-refractivity contribution in [3.63, 3.8) is 0 Å². The summed E-state index contributed by atoms with van der Waals surface area (Å²) in [5, 5.41) is 13.9. The van der Waals surface area contributed by atoms with Crippen LogP contribution in [0.3, 0.4) is 0 Å². The average Bonchev–Trinajstić information content (AvgIpc) is 1.41. The molecule has 0 fully saturated rings. The number of carboxylic acid groups (broad SMARTS) is 2. The summed E-state index contributed by atoms with van der Waals surface area (Å²) in [6, 6.07) is 0. The minimum atomic E-state index is -1.83. The van der Waals surface area contributed by atoms with Gasteiger partial charge in [0, 0.05) is 0 Å². The normalized spacial score (nSPS) is 4.29. The van der Waals surface area contributed by atoms with Crippen LogP contribution >= 0.6 is 0 Å². The summed E-state index contributed by atoms with van der Waals surface area (Å²) in [6.07, 6.45) is -1.83. The van der Waals surface area contributed by atoms with E-state index in [4.69, 9.17) is 18.6 Å². The summed E-state index contributed by atoms with van der Waals surface area (Å²) in [7, 11) is 0. The Morgan fingerprint density at radius 3 is 1.29 bits per heavy atom. The monoisotopic (exact) mass is 184 g/mol. The van der Waals surface area contributed by atoms with Crippen molar-refractivity contribution in [2.75, 3.05) is 0 Å². The summed E-state index contributed by atoms with van der Waals surface area (Å²) >= 11 is 0.125. The predicted molar refractivity (Wildman–Crippen MR) is 19.9 cm³/mol. The molecule has 0 saturated carbocycles. The molecule has 0 spiro atoms. The molecule has 0 aromatic heterocycles. The molecular formula is CH4CaO4Zn. The molecule has 0 atom stereocenters. The van der Waals surface area contributed by atoms with Crippen molar-refractivity contribution in [2.45, 2.75) is 0 Å². The van der Waals surface area contributed by atoms with Gasteiger partial charge in [-0.05, 0) is 0 Å². The Morgan fingerprint density at radius 1 is 1.29 bits per heavy atom. The second-order valence-corrected chi connectivity index (χ2v) is 0.283. The molecule has 0 bridgehead atoms. The summed E-state index contributed by atoms with van der Waals surface area (Å²) in [4.78, 5) is 8.56. The van der Waals surface area contributed by atoms with Gasteiger partial charge < -0.3 is 10.2 Å². The molecule has 0 unspecified atom stereocenters. The molecule has 2 N–H and O–H groups in total. The molecule has 0 amide bonds. The molecule has 0 saturated heterocycles. The second kappa shape index (κ2) is 15.8. The van der Waals surface area contributed by atoms with Crippen LogP contribution in [0.15, 0.2) is 0 Å². The fourth-order valence-electron chi connectivity index (χ4n) is 0. The van der Waals surface area contributed by atoms with E-state index in [0.717, 1.165) is 0 Å². The van der Waals surface area contributed by atoms with Gasteiger partial charge in [-0.15, -0.1) is 0 Å². The van der Waals surface area contributed by atoms with E-state index in [2.05, 4.69) is 0 Å². The van der Waals surface area contributed by atoms with Crippen LogP contribution in [0.25, 0.3) is 0 Å². The average molecular weight is 186 g/mol. The molecule has 7 heavy (non-hydrogen) atoms. The third-order valence-electron chi connectivity index (χ3n) is 0. The van der Waals surface area contributed by atoms with Crippen molar-refractivity contribution in [1.29, 1.82) is 0 Å². The van der Waals surface area contributed by atoms with Gasteiger partial charge in [-0.1, -0.05) is 0 Å². The first-order valence-corrected chi connectivity index (χ1v) is 2.15. The van der Waals surface area contributed by atoms with Gasteiger partial charge in [0.1, 0.15) is 0 Å². The first kappa shape index (κ1) is 15.7. The van der Waals surface area contributed by atoms with E-state index in [1.807, 2.05) is 0 Å². The van der Waals surface area contributed by atoms with Crippen LogP contribution in [-0.2, 0) is 21.8 Å². The summed E-state index contributed by atoms with van der Waals surface area (Å²) < 4.78 is 8.38. The quantitative estimate of drug-likeness (QED) is 0.484. The SMILES string of the molecule is O=C(O)O.[CaH2].[O]=[Zn]. The van der Waals surface area contributed by atoms with E-state index < -0.39 is 6.16 Å². The number of rotatable bonds is 0. The number of hydrogen-bond acceptors (Lipinski definition) is 2. The first-order valence-electron chi connectivity index (χ1n) is 0.940. The molecule has 0 aliphatic rings. The molecule has 0 rings (SSSR count). The standard InChI is InChI=1S/CH2O3.Ca.O.Zn.2H/c2-1(3)4;;;;;/h(H2,2,3,4);;;;;. The molecule has 0 radical (unpaired) electrons. The molecular weight excluding hydrogens is 181 g/mol. The van der Waals surface area contributed by atoms with Gasteiger partial charge in [-0.2, -0.15) is 0 Å². The van der Waals surface area contributed by atoms with Crippen molar-refractivity contribution in [2.24, 2.45) is 0 Å². The van der Waals surface area contributed by atoms with Crippen molar-refractivity contribution in [3.05, 3.63) is 0 Å². The van der Waals surface area contributed by atoms with Crippen molar-refractivity contribution < 1.29 is 36.8 Å². The van der Waals surface area contributed by atoms with Crippen molar-refractivity contribution in [1.82, 2.24) is 0 Å². The Morgan fingerprint density at radius 2 is 1.29 bits per heavy atom. The molecule has 6 heteroatoms. The fourth-order valence-corrected chi connectivity index (χ4v) is 0. The van der Waals surface area contributed by atoms with Crippen LogP contribution < -0.4 is 0 Å². The van der Waals surface area contributed by atoms with Crippen LogP contribution in [0, 0.1) is 0 Å². The van der Waals surface area contributed by atoms with E-state index in [-0.39, 0.29) is 56.0 Å². The number of carbonyl (C=O) groups is 1. The zero-order valence-electron chi connectivity index (χ0n) is 2.92. The Labute approximate surface area is 79.8 Å². The molecule has 4 nitrogen and oxygen atoms in total. The zero-order valence-corrected chi connectivity index (χ0v) is 5.89. The van der Waals surface area contributed by atoms with Crippen LogP contribution in [0.1, 0.15) is 0 Å². The van der Waals surface area contributed by atoms with Crippen molar-refractivity contribution >= 4 is 43.9 Å². The Balaban J connectivity index is -0.0000000480. The first-order chi connectivity index (χ1) is 2.73. The Hall–Kier alpha value is 0.953. The maximum absolute atomic E-state index is 8.56. The van der Waals surface area contributed by atoms with Gasteiger partial charge in [0.2, 0.25) is 0 Å². The van der Waals surface area contributed by atoms with Gasteiger partial charge in [-0.3, -0.25) is 0 Å². The van der Waals surface area contributed by atoms with E-state index >= 15 is 0 Å². The number of hydrogen-bond donors (Lipinski definition) is 2. The third-order valence-corrected chi connectivity index (χ3v) is 0. The third kappa shape index (κ3) is 188. The zero-order chi connectivity index (χ0) is 5.58. The van der Waals surface area contributed by atoms with Crippen LogP contribution in [-0.4, -0.2) is 54.1 Å². The van der Waals surface area contributed by atoms with Crippen LogP contribution in [0.4, 0.5) is 4.79 Å². The second-order valence-electron chi connectivity index (χ2n) is 0.283. The van der Waals surface area contributed by atoms with Crippen LogP contribution in [0.2, 0.25) is 0 Å². The van der Waals surface area contributed by atoms with E-state index in [1.54, 1.807) is 0 Å². The molecule has 0 aliphatic heterocycles. The topological polar surface area (TPSA) is 74.6 Å². The molecule has 0 aliphatic carbocycles. The molecule has 0 heterocycles. The fraction of sp³-hybridized carbons (Fsp3) is 0. The van der Waals surface area contributed by atoms with Gasteiger partial charge in [0.25, 0.3) is 0 Å². The van der Waals surface area contributed by atoms with Gasteiger partial charge in [-0.25, -0.2) is 4.79 Å². The van der Waals surface area contributed by atoms with Gasteiger partial charge in [0.05, 0.1) is 0 Å². The van der Waals surface area contributed by atoms with Gasteiger partial charge >= 0.3 is 65.7 Å². The molecule has 0 aromatic carbocycles. The predicted octanol–water partition coefficient (Wildman–Crippen LogP) is -0.815. The summed E-state index contributed by atoms with van der Waals surface area (Å²) in [6.45, 7) is 0.